The van der Waals surface area contributed by atoms with E-state index in [4.69, 9.17) is 5.26 Å². The van der Waals surface area contributed by atoms with E-state index in [1.165, 1.54) is 18.3 Å². The molecule has 0 atom stereocenters. The van der Waals surface area contributed by atoms with Crippen LogP contribution in [0.15, 0.2) is 34.8 Å². The first kappa shape index (κ1) is 16.3. The molecular weight excluding hydrogens is 365 g/mol. The number of fused-ring (bicyclic) bond motifs is 1. The van der Waals surface area contributed by atoms with Gasteiger partial charge in [-0.05, 0) is 6.07 Å². The van der Waals surface area contributed by atoms with Gasteiger partial charge in [0.25, 0.3) is 10.0 Å². The smallest absolute Gasteiger partial charge is 0.358 e. The van der Waals surface area contributed by atoms with Gasteiger partial charge in [0.2, 0.25) is 0 Å². The predicted molar refractivity (Wildman–Crippen MR) is 80.9 cm³/mol. The molecule has 6 nitrogen and oxygen atoms in total. The lowest BCUT2D eigenvalue weighted by atomic mass is 10.2. The van der Waals surface area contributed by atoms with E-state index in [0.717, 1.165) is 5.38 Å². The predicted octanol–water partition coefficient (Wildman–Crippen LogP) is 3.32. The highest BCUT2D eigenvalue weighted by molar-refractivity contribution is 7.92. The molecule has 1 aromatic carbocycles. The lowest BCUT2D eigenvalue weighted by Crippen LogP contribution is -2.14. The van der Waals surface area contributed by atoms with Crippen LogP contribution in [0.1, 0.15) is 10.6 Å². The lowest BCUT2D eigenvalue weighted by Gasteiger charge is -2.07. The summed E-state index contributed by atoms with van der Waals surface area (Å²) in [7, 11) is -4.30. The molecule has 0 saturated heterocycles. The van der Waals surface area contributed by atoms with Crippen molar-refractivity contribution in [3.8, 4) is 6.07 Å². The van der Waals surface area contributed by atoms with Crippen LogP contribution in [0.3, 0.4) is 0 Å². The fourth-order valence-electron chi connectivity index (χ4n) is 2.04. The zero-order chi connectivity index (χ0) is 17.5. The highest BCUT2D eigenvalue weighted by Gasteiger charge is 2.36. The normalized spacial score (nSPS) is 12.2. The van der Waals surface area contributed by atoms with Crippen LogP contribution in [-0.4, -0.2) is 18.4 Å². The third kappa shape index (κ3) is 2.81. The van der Waals surface area contributed by atoms with Gasteiger partial charge in [-0.15, -0.1) is 11.3 Å². The number of sulfonamides is 1. The molecule has 24 heavy (non-hydrogen) atoms. The number of nitrogens with one attached hydrogen (secondary N) is 2. The second-order valence-corrected chi connectivity index (χ2v) is 7.12. The zero-order valence-corrected chi connectivity index (χ0v) is 13.2. The number of alkyl halides is 3. The largest absolute Gasteiger partial charge is 0.443 e. The quantitative estimate of drug-likeness (QED) is 0.737. The van der Waals surface area contributed by atoms with Crippen LogP contribution >= 0.6 is 11.3 Å². The van der Waals surface area contributed by atoms with Gasteiger partial charge < -0.3 is 4.98 Å². The van der Waals surface area contributed by atoms with Gasteiger partial charge in [-0.1, -0.05) is 12.1 Å². The van der Waals surface area contributed by atoms with Crippen molar-refractivity contribution in [1.29, 1.82) is 5.26 Å². The Balaban J connectivity index is 2.00. The molecular formula is C13H7F3N4O2S2. The van der Waals surface area contributed by atoms with E-state index in [1.807, 2.05) is 6.07 Å². The van der Waals surface area contributed by atoms with Gasteiger partial charge in [0, 0.05) is 17.0 Å². The van der Waals surface area contributed by atoms with Crippen LogP contribution in [0.2, 0.25) is 0 Å². The van der Waals surface area contributed by atoms with Gasteiger partial charge in [-0.2, -0.15) is 26.9 Å². The fraction of sp³-hybridized carbons (Fsp3) is 0.0769. The number of para-hydroxylation sites is 1. The molecule has 0 radical (unpaired) electrons. The summed E-state index contributed by atoms with van der Waals surface area (Å²) in [6.07, 6.45) is -3.30. The summed E-state index contributed by atoms with van der Waals surface area (Å²) in [6.45, 7) is 0. The van der Waals surface area contributed by atoms with Crippen molar-refractivity contribution in [2.24, 2.45) is 0 Å². The number of hydrogen-bond acceptors (Lipinski definition) is 5. The average Bonchev–Trinajstić information content (AvgIpc) is 3.14. The van der Waals surface area contributed by atoms with Gasteiger partial charge in [-0.3, -0.25) is 4.72 Å². The summed E-state index contributed by atoms with van der Waals surface area (Å²) in [5, 5.41) is 8.33. The van der Waals surface area contributed by atoms with Crippen LogP contribution in [0.5, 0.6) is 0 Å². The number of hydrogen-bond donors (Lipinski definition) is 2. The average molecular weight is 372 g/mol. The van der Waals surface area contributed by atoms with E-state index in [0.29, 0.717) is 16.5 Å². The standard InChI is InChI=1S/C13H7F3N4O2S2/c14-13(15,16)12-19-10(6-23-12)24(21,22)20-9-3-1-2-8-7(4-17)5-18-11(8)9/h1-3,5-6,18,20H. The fourth-order valence-corrected chi connectivity index (χ4v) is 4.08. The number of H-pyrrole nitrogens is 1. The molecule has 0 aliphatic heterocycles. The summed E-state index contributed by atoms with van der Waals surface area (Å²) in [5.74, 6) is 0. The Kier molecular flexibility index (Phi) is 3.73. The van der Waals surface area contributed by atoms with Crippen molar-refractivity contribution < 1.29 is 21.6 Å². The summed E-state index contributed by atoms with van der Waals surface area (Å²) >= 11 is 0.199. The molecule has 0 spiro atoms. The van der Waals surface area contributed by atoms with E-state index < -0.39 is 26.2 Å². The lowest BCUT2D eigenvalue weighted by molar-refractivity contribution is -0.137. The number of anilines is 1. The molecule has 2 heterocycles. The first-order valence-corrected chi connectivity index (χ1v) is 8.64. The number of aromatic nitrogens is 2. The molecule has 124 valence electrons. The molecule has 2 aromatic heterocycles. The molecule has 3 rings (SSSR count). The van der Waals surface area contributed by atoms with Crippen molar-refractivity contribution in [1.82, 2.24) is 9.97 Å². The van der Waals surface area contributed by atoms with E-state index in [2.05, 4.69) is 14.7 Å². The summed E-state index contributed by atoms with van der Waals surface area (Å²) < 4.78 is 64.4. The van der Waals surface area contributed by atoms with Crippen LogP contribution in [0.4, 0.5) is 18.9 Å². The van der Waals surface area contributed by atoms with Crippen LogP contribution in [-0.2, 0) is 16.2 Å². The van der Waals surface area contributed by atoms with Gasteiger partial charge in [0.15, 0.2) is 10.0 Å². The van der Waals surface area contributed by atoms with Crippen molar-refractivity contribution >= 4 is 38.0 Å². The minimum atomic E-state index is -4.71. The van der Waals surface area contributed by atoms with Gasteiger partial charge in [0.1, 0.15) is 6.07 Å². The first-order chi connectivity index (χ1) is 11.2. The molecule has 0 fully saturated rings. The maximum atomic E-state index is 12.6. The van der Waals surface area contributed by atoms with Crippen LogP contribution in [0.25, 0.3) is 10.9 Å². The Morgan fingerprint density at radius 2 is 2.08 bits per heavy atom. The number of aromatic amines is 1. The Bertz CT molecular complexity index is 1060. The van der Waals surface area contributed by atoms with Gasteiger partial charge >= 0.3 is 6.18 Å². The maximum absolute atomic E-state index is 12.6. The minimum Gasteiger partial charge on any atom is -0.358 e. The molecule has 0 aliphatic carbocycles. The molecule has 0 aliphatic rings. The molecule has 2 N–H and O–H groups in total. The number of halogens is 3. The minimum absolute atomic E-state index is 0.107. The highest BCUT2D eigenvalue weighted by Crippen LogP contribution is 2.33. The van der Waals surface area contributed by atoms with Crippen molar-refractivity contribution in [2.45, 2.75) is 11.2 Å². The monoisotopic (exact) mass is 372 g/mol. The molecule has 3 aromatic rings. The SMILES string of the molecule is N#Cc1c[nH]c2c(NS(=O)(=O)c3csc(C(F)(F)F)n3)cccc12. The number of nitriles is 1. The molecule has 0 saturated carbocycles. The molecule has 0 amide bonds. The van der Waals surface area contributed by atoms with Crippen molar-refractivity contribution in [3.05, 3.63) is 40.3 Å². The summed E-state index contributed by atoms with van der Waals surface area (Å²) in [5.41, 5.74) is 0.776. The Morgan fingerprint density at radius 1 is 1.33 bits per heavy atom. The Hall–Kier alpha value is -2.58. The van der Waals surface area contributed by atoms with Gasteiger partial charge in [-0.25, -0.2) is 4.98 Å². The van der Waals surface area contributed by atoms with E-state index >= 15 is 0 Å². The summed E-state index contributed by atoms with van der Waals surface area (Å²) in [4.78, 5) is 5.90. The summed E-state index contributed by atoms with van der Waals surface area (Å²) in [6, 6.07) is 6.52. The maximum Gasteiger partial charge on any atom is 0.443 e. The van der Waals surface area contributed by atoms with Crippen molar-refractivity contribution in [2.75, 3.05) is 4.72 Å². The third-order valence-electron chi connectivity index (χ3n) is 3.08. The number of thiazole rings is 1. The number of nitrogens with zero attached hydrogens (tertiary/aromatic N) is 2. The van der Waals surface area contributed by atoms with E-state index in [-0.39, 0.29) is 17.0 Å². The van der Waals surface area contributed by atoms with E-state index in [1.54, 1.807) is 6.07 Å². The Morgan fingerprint density at radius 3 is 2.71 bits per heavy atom. The second kappa shape index (κ2) is 5.50. The van der Waals surface area contributed by atoms with Crippen LogP contribution < -0.4 is 4.72 Å². The van der Waals surface area contributed by atoms with Crippen molar-refractivity contribution in [3.63, 3.8) is 0 Å². The Labute approximate surface area is 137 Å². The van der Waals surface area contributed by atoms with E-state index in [9.17, 15) is 21.6 Å². The molecule has 0 bridgehead atoms. The van der Waals surface area contributed by atoms with Crippen LogP contribution in [0, 0.1) is 11.3 Å². The molecule has 11 heteroatoms. The van der Waals surface area contributed by atoms with Gasteiger partial charge in [0.05, 0.1) is 16.8 Å². The molecule has 0 unspecified atom stereocenters. The second-order valence-electron chi connectivity index (χ2n) is 4.64. The zero-order valence-electron chi connectivity index (χ0n) is 11.5. The third-order valence-corrected chi connectivity index (χ3v) is 5.37. The topological polar surface area (TPSA) is 98.6 Å². The first-order valence-electron chi connectivity index (χ1n) is 6.28. The number of benzene rings is 1. The highest BCUT2D eigenvalue weighted by atomic mass is 32.2. The number of rotatable bonds is 3.